The molecule has 0 unspecified atom stereocenters. The Labute approximate surface area is 199 Å². The van der Waals surface area contributed by atoms with Crippen molar-refractivity contribution in [3.05, 3.63) is 102 Å². The van der Waals surface area contributed by atoms with Crippen molar-refractivity contribution in [3.8, 4) is 5.69 Å². The van der Waals surface area contributed by atoms with Crippen LogP contribution < -0.4 is 5.32 Å². The maximum Gasteiger partial charge on any atom is 0.287 e. The predicted molar refractivity (Wildman–Crippen MR) is 127 cm³/mol. The van der Waals surface area contributed by atoms with Crippen LogP contribution in [0.3, 0.4) is 0 Å². The van der Waals surface area contributed by atoms with Crippen LogP contribution in [0, 0.1) is 12.7 Å². The molecule has 0 radical (unpaired) electrons. The lowest BCUT2D eigenvalue weighted by Crippen LogP contribution is -2.23. The van der Waals surface area contributed by atoms with Crippen molar-refractivity contribution in [1.82, 2.24) is 24.8 Å². The van der Waals surface area contributed by atoms with Crippen molar-refractivity contribution < 1.29 is 13.6 Å². The van der Waals surface area contributed by atoms with Crippen molar-refractivity contribution in [2.75, 3.05) is 0 Å². The first-order chi connectivity index (χ1) is 16.6. The largest absolute Gasteiger partial charge is 0.451 e. The van der Waals surface area contributed by atoms with E-state index in [9.17, 15) is 9.18 Å². The fraction of sp³-hybridized carbons (Fsp3) is 0.120. The van der Waals surface area contributed by atoms with Crippen molar-refractivity contribution in [2.24, 2.45) is 0 Å². The number of hydrogen-bond donors (Lipinski definition) is 1. The number of halogens is 1. The number of furan rings is 1. The third-order valence-corrected chi connectivity index (χ3v) is 6.24. The highest BCUT2D eigenvalue weighted by molar-refractivity contribution is 7.98. The second-order valence-corrected chi connectivity index (χ2v) is 8.48. The number of nitrogens with zero attached hydrogens (tertiary/aromatic N) is 4. The van der Waals surface area contributed by atoms with Gasteiger partial charge in [0.1, 0.15) is 17.2 Å². The lowest BCUT2D eigenvalue weighted by Gasteiger charge is -2.09. The average Bonchev–Trinajstić information content (AvgIpc) is 3.45. The Kier molecular flexibility index (Phi) is 6.09. The maximum atomic E-state index is 14.7. The number of amides is 1. The highest BCUT2D eigenvalue weighted by Gasteiger charge is 2.21. The number of aromatic nitrogens is 4. The van der Waals surface area contributed by atoms with Crippen molar-refractivity contribution in [2.45, 2.75) is 24.4 Å². The summed E-state index contributed by atoms with van der Waals surface area (Å²) in [5.74, 6) is 0.635. The molecule has 5 aromatic rings. The Morgan fingerprint density at radius 2 is 1.91 bits per heavy atom. The van der Waals surface area contributed by atoms with E-state index in [2.05, 4.69) is 20.3 Å². The molecule has 0 aliphatic heterocycles. The Hall–Kier alpha value is -3.98. The second kappa shape index (κ2) is 9.48. The summed E-state index contributed by atoms with van der Waals surface area (Å²) in [5.41, 5.74) is 2.44. The van der Waals surface area contributed by atoms with Gasteiger partial charge in [0.2, 0.25) is 0 Å². The average molecular weight is 474 g/mol. The molecule has 1 N–H and O–H groups in total. The molecule has 0 saturated heterocycles. The van der Waals surface area contributed by atoms with Gasteiger partial charge < -0.3 is 14.3 Å². The third kappa shape index (κ3) is 4.42. The molecule has 0 bridgehead atoms. The molecule has 9 heteroatoms. The first kappa shape index (κ1) is 21.8. The van der Waals surface area contributed by atoms with Gasteiger partial charge in [0, 0.05) is 48.0 Å². The van der Waals surface area contributed by atoms with Gasteiger partial charge in [0.25, 0.3) is 5.91 Å². The van der Waals surface area contributed by atoms with Crippen LogP contribution in [0.4, 0.5) is 4.39 Å². The number of imidazole rings is 1. The fourth-order valence-corrected chi connectivity index (χ4v) is 4.50. The number of benzene rings is 2. The molecule has 2 aromatic carbocycles. The standard InChI is InChI=1S/C25H20FN5O2S/c1-16-27-11-12-31(16)21-8-7-17(13-20(21)26)14-30-24(32)23-19(15-34-25-28-9-4-10-29-25)18-5-2-3-6-22(18)33-23/h2-13H,14-15H2,1H3,(H,30,32). The van der Waals surface area contributed by atoms with Crippen LogP contribution in [-0.2, 0) is 12.3 Å². The smallest absolute Gasteiger partial charge is 0.287 e. The van der Waals surface area contributed by atoms with Crippen LogP contribution in [-0.4, -0.2) is 25.4 Å². The van der Waals surface area contributed by atoms with Gasteiger partial charge in [-0.05, 0) is 36.8 Å². The zero-order chi connectivity index (χ0) is 23.5. The van der Waals surface area contributed by atoms with Crippen LogP contribution in [0.1, 0.15) is 27.5 Å². The Morgan fingerprint density at radius 3 is 2.68 bits per heavy atom. The first-order valence-electron chi connectivity index (χ1n) is 10.6. The van der Waals surface area contributed by atoms with Crippen LogP contribution in [0.15, 0.2) is 82.9 Å². The second-order valence-electron chi connectivity index (χ2n) is 7.54. The van der Waals surface area contributed by atoms with Gasteiger partial charge in [-0.1, -0.05) is 36.0 Å². The maximum absolute atomic E-state index is 14.7. The van der Waals surface area contributed by atoms with Gasteiger partial charge in [0.15, 0.2) is 10.9 Å². The Balaban J connectivity index is 1.34. The molecular formula is C25H20FN5O2S. The predicted octanol–water partition coefficient (Wildman–Crippen LogP) is 5.08. The topological polar surface area (TPSA) is 85.8 Å². The van der Waals surface area contributed by atoms with E-state index < -0.39 is 5.82 Å². The van der Waals surface area contributed by atoms with E-state index in [-0.39, 0.29) is 18.2 Å². The van der Waals surface area contributed by atoms with E-state index in [1.807, 2.05) is 24.3 Å². The normalized spacial score (nSPS) is 11.1. The van der Waals surface area contributed by atoms with Crippen molar-refractivity contribution >= 4 is 28.6 Å². The van der Waals surface area contributed by atoms with E-state index in [1.54, 1.807) is 54.5 Å². The summed E-state index contributed by atoms with van der Waals surface area (Å²) < 4.78 is 22.3. The SMILES string of the molecule is Cc1nccn1-c1ccc(CNC(=O)c2oc3ccccc3c2CSc2ncccn2)cc1F. The molecule has 5 rings (SSSR count). The number of para-hydroxylation sites is 1. The van der Waals surface area contributed by atoms with Crippen LogP contribution in [0.2, 0.25) is 0 Å². The van der Waals surface area contributed by atoms with Crippen molar-refractivity contribution in [1.29, 1.82) is 0 Å². The van der Waals surface area contributed by atoms with E-state index in [1.165, 1.54) is 17.8 Å². The van der Waals surface area contributed by atoms with E-state index in [4.69, 9.17) is 4.42 Å². The number of rotatable bonds is 7. The molecule has 0 spiro atoms. The monoisotopic (exact) mass is 473 g/mol. The number of thioether (sulfide) groups is 1. The zero-order valence-electron chi connectivity index (χ0n) is 18.2. The summed E-state index contributed by atoms with van der Waals surface area (Å²) in [6.07, 6.45) is 6.68. The summed E-state index contributed by atoms with van der Waals surface area (Å²) in [6.45, 7) is 1.96. The highest BCUT2D eigenvalue weighted by atomic mass is 32.2. The number of nitrogens with one attached hydrogen (secondary N) is 1. The highest BCUT2D eigenvalue weighted by Crippen LogP contribution is 2.31. The number of aryl methyl sites for hydroxylation is 1. The third-order valence-electron chi connectivity index (χ3n) is 5.34. The molecule has 0 atom stereocenters. The molecule has 0 saturated carbocycles. The molecule has 7 nitrogen and oxygen atoms in total. The number of carbonyl (C=O) groups excluding carboxylic acids is 1. The minimum Gasteiger partial charge on any atom is -0.451 e. The summed E-state index contributed by atoms with van der Waals surface area (Å²) in [6, 6.07) is 14.1. The fourth-order valence-electron chi connectivity index (χ4n) is 3.67. The number of carbonyl (C=O) groups is 1. The number of hydrogen-bond acceptors (Lipinski definition) is 6. The van der Waals surface area contributed by atoms with E-state index >= 15 is 0 Å². The molecule has 170 valence electrons. The molecule has 0 fully saturated rings. The zero-order valence-corrected chi connectivity index (χ0v) is 19.1. The van der Waals surface area contributed by atoms with Crippen LogP contribution in [0.25, 0.3) is 16.7 Å². The molecule has 0 aliphatic rings. The van der Waals surface area contributed by atoms with E-state index in [0.29, 0.717) is 33.6 Å². The van der Waals surface area contributed by atoms with Gasteiger partial charge in [-0.3, -0.25) is 4.79 Å². The molecule has 0 aliphatic carbocycles. The molecular weight excluding hydrogens is 453 g/mol. The van der Waals surface area contributed by atoms with Gasteiger partial charge in [-0.15, -0.1) is 0 Å². The summed E-state index contributed by atoms with van der Waals surface area (Å²) in [7, 11) is 0. The molecule has 34 heavy (non-hydrogen) atoms. The number of fused-ring (bicyclic) bond motifs is 1. The molecule has 3 heterocycles. The first-order valence-corrected chi connectivity index (χ1v) is 11.6. The minimum absolute atomic E-state index is 0.157. The summed E-state index contributed by atoms with van der Waals surface area (Å²) >= 11 is 1.42. The van der Waals surface area contributed by atoms with Gasteiger partial charge in [-0.25, -0.2) is 19.3 Å². The van der Waals surface area contributed by atoms with E-state index in [0.717, 1.165) is 10.9 Å². The van der Waals surface area contributed by atoms with Gasteiger partial charge >= 0.3 is 0 Å². The Bertz CT molecular complexity index is 1460. The van der Waals surface area contributed by atoms with Gasteiger partial charge in [0.05, 0.1) is 5.69 Å². The van der Waals surface area contributed by atoms with Crippen molar-refractivity contribution in [3.63, 3.8) is 0 Å². The Morgan fingerprint density at radius 1 is 1.09 bits per heavy atom. The van der Waals surface area contributed by atoms with Gasteiger partial charge in [-0.2, -0.15) is 0 Å². The quantitative estimate of drug-likeness (QED) is 0.262. The summed E-state index contributed by atoms with van der Waals surface area (Å²) in [5, 5.41) is 4.33. The molecule has 3 aromatic heterocycles. The van der Waals surface area contributed by atoms with Crippen LogP contribution >= 0.6 is 11.8 Å². The minimum atomic E-state index is -0.392. The summed E-state index contributed by atoms with van der Waals surface area (Å²) in [4.78, 5) is 25.6. The lowest BCUT2D eigenvalue weighted by atomic mass is 10.1. The lowest BCUT2D eigenvalue weighted by molar-refractivity contribution is 0.0924. The molecule has 1 amide bonds. The van der Waals surface area contributed by atoms with Crippen LogP contribution in [0.5, 0.6) is 0 Å².